The highest BCUT2D eigenvalue weighted by molar-refractivity contribution is 9.10. The molecule has 2 heterocycles. The van der Waals surface area contributed by atoms with Crippen LogP contribution in [0.1, 0.15) is 18.2 Å². The molecule has 0 aliphatic carbocycles. The highest BCUT2D eigenvalue weighted by Gasteiger charge is 2.41. The molecule has 0 amide bonds. The van der Waals surface area contributed by atoms with E-state index in [9.17, 15) is 18.4 Å². The third-order valence-corrected chi connectivity index (χ3v) is 4.83. The summed E-state index contributed by atoms with van der Waals surface area (Å²) >= 11 is 9.86. The van der Waals surface area contributed by atoms with Crippen molar-refractivity contribution in [3.05, 3.63) is 32.2 Å². The van der Waals surface area contributed by atoms with E-state index >= 15 is 0 Å². The summed E-state index contributed by atoms with van der Waals surface area (Å²) in [5.41, 5.74) is -0.894. The molecule has 2 aromatic rings. The lowest BCUT2D eigenvalue weighted by molar-refractivity contribution is -0.146. The van der Waals surface area contributed by atoms with Crippen LogP contribution < -0.4 is 0 Å². The van der Waals surface area contributed by atoms with Crippen LogP contribution in [0.3, 0.4) is 0 Å². The van der Waals surface area contributed by atoms with Crippen molar-refractivity contribution in [1.82, 2.24) is 4.57 Å². The lowest BCUT2D eigenvalue weighted by atomic mass is 10.2. The molecule has 118 valence electrons. The molecule has 22 heavy (non-hydrogen) atoms. The quantitative estimate of drug-likeness (QED) is 0.662. The maximum atomic E-state index is 13.3. The van der Waals surface area contributed by atoms with E-state index in [4.69, 9.17) is 16.3 Å². The minimum atomic E-state index is -4.62. The van der Waals surface area contributed by atoms with Crippen LogP contribution in [0.15, 0.2) is 16.6 Å². The van der Waals surface area contributed by atoms with Gasteiger partial charge in [0.2, 0.25) is 0 Å². The number of halogens is 5. The third-order valence-electron chi connectivity index (χ3n) is 2.82. The summed E-state index contributed by atoms with van der Waals surface area (Å²) < 4.78 is 46.3. The SMILES string of the molecule is CCOCn1c(-c2ccc(Cl)s2)c(C#N)c(Br)c1C(F)(F)F. The Morgan fingerprint density at radius 1 is 1.45 bits per heavy atom. The number of nitriles is 1. The van der Waals surface area contributed by atoms with Crippen molar-refractivity contribution in [3.8, 4) is 16.6 Å². The van der Waals surface area contributed by atoms with Gasteiger partial charge in [0.05, 0.1) is 24.9 Å². The molecular weight excluding hydrogens is 405 g/mol. The number of rotatable bonds is 4. The molecule has 0 N–H and O–H groups in total. The zero-order valence-corrected chi connectivity index (χ0v) is 14.3. The molecule has 0 unspecified atom stereocenters. The molecule has 9 heteroatoms. The smallest absolute Gasteiger partial charge is 0.361 e. The highest BCUT2D eigenvalue weighted by atomic mass is 79.9. The lowest BCUT2D eigenvalue weighted by Crippen LogP contribution is -2.16. The fourth-order valence-corrected chi connectivity index (χ4v) is 3.80. The third kappa shape index (κ3) is 3.18. The normalized spacial score (nSPS) is 11.7. The van der Waals surface area contributed by atoms with Crippen LogP contribution >= 0.6 is 38.9 Å². The molecule has 0 atom stereocenters. The molecular formula is C13H9BrClF3N2OS. The number of thiophene rings is 1. The summed E-state index contributed by atoms with van der Waals surface area (Å²) in [4.78, 5) is 0.470. The van der Waals surface area contributed by atoms with Gasteiger partial charge in [0.1, 0.15) is 18.5 Å². The van der Waals surface area contributed by atoms with Gasteiger partial charge in [-0.2, -0.15) is 18.4 Å². The number of nitrogens with zero attached hydrogens (tertiary/aromatic N) is 2. The average Bonchev–Trinajstić information content (AvgIpc) is 2.96. The number of aromatic nitrogens is 1. The first-order valence-electron chi connectivity index (χ1n) is 6.04. The van der Waals surface area contributed by atoms with Crippen molar-refractivity contribution < 1.29 is 17.9 Å². The van der Waals surface area contributed by atoms with E-state index in [0.717, 1.165) is 15.9 Å². The van der Waals surface area contributed by atoms with Gasteiger partial charge in [-0.15, -0.1) is 11.3 Å². The second kappa shape index (κ2) is 6.62. The molecule has 0 saturated carbocycles. The van der Waals surface area contributed by atoms with Crippen LogP contribution in [-0.4, -0.2) is 11.2 Å². The first-order valence-corrected chi connectivity index (χ1v) is 8.02. The van der Waals surface area contributed by atoms with Crippen LogP contribution in [-0.2, 0) is 17.6 Å². The van der Waals surface area contributed by atoms with E-state index < -0.39 is 11.9 Å². The largest absolute Gasteiger partial charge is 0.432 e. The summed E-state index contributed by atoms with van der Waals surface area (Å²) in [6, 6.07) is 4.97. The Hall–Kier alpha value is -1.01. The Labute approximate surface area is 142 Å². The highest BCUT2D eigenvalue weighted by Crippen LogP contribution is 2.44. The Kier molecular flexibility index (Phi) is 5.22. The van der Waals surface area contributed by atoms with Crippen molar-refractivity contribution in [3.63, 3.8) is 0 Å². The van der Waals surface area contributed by atoms with Gasteiger partial charge in [0.15, 0.2) is 0 Å². The standard InChI is InChI=1S/C13H9BrClF3N2OS/c1-2-21-6-20-11(8-3-4-9(15)22-8)7(5-19)10(14)12(20)13(16,17)18/h3-4H,2,6H2,1H3. The molecule has 0 aliphatic rings. The van der Waals surface area contributed by atoms with Gasteiger partial charge in [-0.25, -0.2) is 0 Å². The van der Waals surface area contributed by atoms with Crippen molar-refractivity contribution in [2.75, 3.05) is 6.61 Å². The maximum absolute atomic E-state index is 13.3. The van der Waals surface area contributed by atoms with Gasteiger partial charge in [-0.1, -0.05) is 11.6 Å². The summed E-state index contributed by atoms with van der Waals surface area (Å²) in [5, 5.41) is 9.27. The molecule has 2 rings (SSSR count). The van der Waals surface area contributed by atoms with Gasteiger partial charge in [0.25, 0.3) is 0 Å². The number of alkyl halides is 3. The fraction of sp³-hybridized carbons (Fsp3) is 0.308. The van der Waals surface area contributed by atoms with E-state index in [0.29, 0.717) is 9.21 Å². The van der Waals surface area contributed by atoms with E-state index in [1.165, 1.54) is 0 Å². The molecule has 0 bridgehead atoms. The Morgan fingerprint density at radius 2 is 2.14 bits per heavy atom. The number of hydrogen-bond acceptors (Lipinski definition) is 3. The Balaban J connectivity index is 2.77. The van der Waals surface area contributed by atoms with Crippen LogP contribution in [0, 0.1) is 11.3 Å². The van der Waals surface area contributed by atoms with Crippen LogP contribution in [0.5, 0.6) is 0 Å². The van der Waals surface area contributed by atoms with Crippen LogP contribution in [0.4, 0.5) is 13.2 Å². The molecule has 3 nitrogen and oxygen atoms in total. The topological polar surface area (TPSA) is 38.0 Å². The fourth-order valence-electron chi connectivity index (χ4n) is 1.98. The molecule has 0 aliphatic heterocycles. The van der Waals surface area contributed by atoms with E-state index in [1.54, 1.807) is 19.1 Å². The van der Waals surface area contributed by atoms with Crippen LogP contribution in [0.25, 0.3) is 10.6 Å². The molecule has 0 radical (unpaired) electrons. The van der Waals surface area contributed by atoms with Gasteiger partial charge in [-0.3, -0.25) is 0 Å². The van der Waals surface area contributed by atoms with Crippen molar-refractivity contribution in [1.29, 1.82) is 5.26 Å². The summed E-state index contributed by atoms with van der Waals surface area (Å²) in [6.45, 7) is 1.62. The minimum Gasteiger partial charge on any atom is -0.361 e. The first-order chi connectivity index (χ1) is 10.3. The van der Waals surface area contributed by atoms with E-state index in [2.05, 4.69) is 15.9 Å². The van der Waals surface area contributed by atoms with Crippen molar-refractivity contribution in [2.24, 2.45) is 0 Å². The zero-order valence-electron chi connectivity index (χ0n) is 11.2. The Bertz CT molecular complexity index is 733. The van der Waals surface area contributed by atoms with E-state index in [1.807, 2.05) is 6.07 Å². The van der Waals surface area contributed by atoms with Gasteiger partial charge >= 0.3 is 6.18 Å². The van der Waals surface area contributed by atoms with Crippen molar-refractivity contribution >= 4 is 38.9 Å². The minimum absolute atomic E-state index is 0.0921. The Morgan fingerprint density at radius 3 is 2.59 bits per heavy atom. The first kappa shape index (κ1) is 17.3. The van der Waals surface area contributed by atoms with Gasteiger partial charge in [-0.05, 0) is 35.0 Å². The molecule has 0 aromatic carbocycles. The number of hydrogen-bond donors (Lipinski definition) is 0. The maximum Gasteiger partial charge on any atom is 0.432 e. The summed E-state index contributed by atoms with van der Waals surface area (Å²) in [5.74, 6) is 0. The molecule has 0 fully saturated rings. The van der Waals surface area contributed by atoms with Gasteiger partial charge < -0.3 is 9.30 Å². The summed E-state index contributed by atoms with van der Waals surface area (Å²) in [7, 11) is 0. The van der Waals surface area contributed by atoms with Crippen molar-refractivity contribution in [2.45, 2.75) is 19.8 Å². The number of ether oxygens (including phenoxy) is 1. The van der Waals surface area contributed by atoms with E-state index in [-0.39, 0.29) is 29.1 Å². The van der Waals surface area contributed by atoms with Gasteiger partial charge in [0, 0.05) is 6.61 Å². The zero-order chi connectivity index (χ0) is 16.5. The lowest BCUT2D eigenvalue weighted by Gasteiger charge is -2.14. The molecule has 0 saturated heterocycles. The predicted octanol–water partition coefficient (Wildman–Crippen LogP) is 5.52. The second-order valence-electron chi connectivity index (χ2n) is 4.15. The second-order valence-corrected chi connectivity index (χ2v) is 6.66. The average molecular weight is 414 g/mol. The monoisotopic (exact) mass is 412 g/mol. The predicted molar refractivity (Wildman–Crippen MR) is 81.8 cm³/mol. The molecule has 0 spiro atoms. The summed E-state index contributed by atoms with van der Waals surface area (Å²) in [6.07, 6.45) is -4.62. The van der Waals surface area contributed by atoms with Crippen LogP contribution in [0.2, 0.25) is 4.34 Å². The molecule has 2 aromatic heterocycles.